The zero-order chi connectivity index (χ0) is 12.5. The molecule has 0 radical (unpaired) electrons. The van der Waals surface area contributed by atoms with Crippen LogP contribution in [0, 0.1) is 11.8 Å². The van der Waals surface area contributed by atoms with Gasteiger partial charge in [-0.1, -0.05) is 6.07 Å². The lowest BCUT2D eigenvalue weighted by molar-refractivity contribution is 0.199. The Bertz CT molecular complexity index is 379. The largest absolute Gasteiger partial charge is 0.389 e. The minimum Gasteiger partial charge on any atom is -0.389 e. The lowest BCUT2D eigenvalue weighted by Crippen LogP contribution is -2.28. The SMILES string of the molecule is C[C@H](O)c1ccc(N(CC2CC2)CC2CC2)nc1. The average molecular weight is 246 g/mol. The van der Waals surface area contributed by atoms with Crippen LogP contribution in [0.1, 0.15) is 44.3 Å². The van der Waals surface area contributed by atoms with Crippen molar-refractivity contribution in [2.75, 3.05) is 18.0 Å². The van der Waals surface area contributed by atoms with Crippen molar-refractivity contribution in [3.05, 3.63) is 23.9 Å². The van der Waals surface area contributed by atoms with Crippen molar-refractivity contribution < 1.29 is 5.11 Å². The molecule has 98 valence electrons. The van der Waals surface area contributed by atoms with E-state index < -0.39 is 6.10 Å². The van der Waals surface area contributed by atoms with Gasteiger partial charge in [-0.15, -0.1) is 0 Å². The summed E-state index contributed by atoms with van der Waals surface area (Å²) in [6.45, 7) is 4.11. The third kappa shape index (κ3) is 3.02. The summed E-state index contributed by atoms with van der Waals surface area (Å²) in [6, 6.07) is 4.06. The average Bonchev–Trinajstić information content (AvgIpc) is 3.23. The number of aliphatic hydroxyl groups excluding tert-OH is 1. The first-order valence-corrected chi connectivity index (χ1v) is 7.11. The summed E-state index contributed by atoms with van der Waals surface area (Å²) in [6.07, 6.45) is 6.92. The second-order valence-corrected chi connectivity index (χ2v) is 5.92. The van der Waals surface area contributed by atoms with Crippen molar-refractivity contribution in [1.29, 1.82) is 0 Å². The van der Waals surface area contributed by atoms with Crippen LogP contribution in [-0.2, 0) is 0 Å². The Balaban J connectivity index is 1.70. The summed E-state index contributed by atoms with van der Waals surface area (Å²) < 4.78 is 0. The van der Waals surface area contributed by atoms with Gasteiger partial charge in [0.25, 0.3) is 0 Å². The fourth-order valence-electron chi connectivity index (χ4n) is 2.32. The monoisotopic (exact) mass is 246 g/mol. The zero-order valence-electron chi connectivity index (χ0n) is 11.0. The predicted molar refractivity (Wildman–Crippen MR) is 72.5 cm³/mol. The highest BCUT2D eigenvalue weighted by atomic mass is 16.3. The number of hydrogen-bond acceptors (Lipinski definition) is 3. The van der Waals surface area contributed by atoms with Gasteiger partial charge in [-0.05, 0) is 56.1 Å². The summed E-state index contributed by atoms with van der Waals surface area (Å²) in [5, 5.41) is 9.51. The molecule has 0 saturated heterocycles. The van der Waals surface area contributed by atoms with Crippen molar-refractivity contribution in [3.8, 4) is 0 Å². The van der Waals surface area contributed by atoms with Gasteiger partial charge in [0.1, 0.15) is 5.82 Å². The fraction of sp³-hybridized carbons (Fsp3) is 0.667. The van der Waals surface area contributed by atoms with Gasteiger partial charge in [0, 0.05) is 19.3 Å². The second kappa shape index (κ2) is 4.88. The highest BCUT2D eigenvalue weighted by Crippen LogP contribution is 2.35. The molecule has 3 nitrogen and oxygen atoms in total. The molecule has 0 bridgehead atoms. The van der Waals surface area contributed by atoms with E-state index in [1.54, 1.807) is 6.92 Å². The Morgan fingerprint density at radius 3 is 2.22 bits per heavy atom. The fourth-order valence-corrected chi connectivity index (χ4v) is 2.32. The van der Waals surface area contributed by atoms with Crippen LogP contribution in [0.4, 0.5) is 5.82 Å². The Hall–Kier alpha value is -1.09. The number of aromatic nitrogens is 1. The van der Waals surface area contributed by atoms with E-state index >= 15 is 0 Å². The number of hydrogen-bond donors (Lipinski definition) is 1. The molecular formula is C15H22N2O. The normalized spacial score (nSPS) is 20.8. The number of anilines is 1. The third-order valence-electron chi connectivity index (χ3n) is 3.93. The van der Waals surface area contributed by atoms with Gasteiger partial charge in [0.05, 0.1) is 6.10 Å². The number of rotatable bonds is 6. The summed E-state index contributed by atoms with van der Waals surface area (Å²) in [4.78, 5) is 6.97. The van der Waals surface area contributed by atoms with Crippen molar-refractivity contribution in [3.63, 3.8) is 0 Å². The smallest absolute Gasteiger partial charge is 0.128 e. The van der Waals surface area contributed by atoms with Gasteiger partial charge >= 0.3 is 0 Å². The maximum atomic E-state index is 9.51. The minimum absolute atomic E-state index is 0.424. The van der Waals surface area contributed by atoms with Crippen LogP contribution in [-0.4, -0.2) is 23.2 Å². The molecule has 2 aliphatic carbocycles. The highest BCUT2D eigenvalue weighted by Gasteiger charge is 2.29. The molecule has 3 rings (SSSR count). The van der Waals surface area contributed by atoms with E-state index in [0.29, 0.717) is 0 Å². The van der Waals surface area contributed by atoms with E-state index in [9.17, 15) is 5.11 Å². The van der Waals surface area contributed by atoms with E-state index in [4.69, 9.17) is 0 Å². The molecule has 1 aromatic rings. The van der Waals surface area contributed by atoms with Crippen LogP contribution in [0.15, 0.2) is 18.3 Å². The summed E-state index contributed by atoms with van der Waals surface area (Å²) >= 11 is 0. The number of nitrogens with zero attached hydrogens (tertiary/aromatic N) is 2. The molecule has 1 heterocycles. The first-order valence-electron chi connectivity index (χ1n) is 7.11. The van der Waals surface area contributed by atoms with Crippen LogP contribution in [0.2, 0.25) is 0 Å². The van der Waals surface area contributed by atoms with Crippen LogP contribution in [0.25, 0.3) is 0 Å². The van der Waals surface area contributed by atoms with E-state index in [1.807, 2.05) is 12.3 Å². The molecule has 0 spiro atoms. The lowest BCUT2D eigenvalue weighted by atomic mass is 10.2. The molecule has 2 aliphatic rings. The van der Waals surface area contributed by atoms with Gasteiger partial charge < -0.3 is 10.0 Å². The van der Waals surface area contributed by atoms with Crippen molar-refractivity contribution in [2.45, 2.75) is 38.7 Å². The molecule has 1 aromatic heterocycles. The maximum Gasteiger partial charge on any atom is 0.128 e. The molecule has 3 heteroatoms. The lowest BCUT2D eigenvalue weighted by Gasteiger charge is -2.24. The van der Waals surface area contributed by atoms with E-state index in [1.165, 1.54) is 25.7 Å². The van der Waals surface area contributed by atoms with E-state index in [2.05, 4.69) is 16.0 Å². The molecular weight excluding hydrogens is 224 g/mol. The number of pyridine rings is 1. The van der Waals surface area contributed by atoms with Crippen LogP contribution in [0.3, 0.4) is 0 Å². The molecule has 2 saturated carbocycles. The van der Waals surface area contributed by atoms with Gasteiger partial charge in [0.2, 0.25) is 0 Å². The predicted octanol–water partition coefficient (Wildman–Crippen LogP) is 2.76. The minimum atomic E-state index is -0.424. The quantitative estimate of drug-likeness (QED) is 0.838. The molecule has 1 N–H and O–H groups in total. The standard InChI is InChI=1S/C15H22N2O/c1-11(18)14-6-7-15(16-8-14)17(9-12-2-3-12)10-13-4-5-13/h6-8,11-13,18H,2-5,9-10H2,1H3/t11-/m0/s1. The molecule has 18 heavy (non-hydrogen) atoms. The summed E-state index contributed by atoms with van der Waals surface area (Å²) in [5.41, 5.74) is 0.900. The Morgan fingerprint density at radius 2 is 1.83 bits per heavy atom. The first-order chi connectivity index (χ1) is 8.72. The van der Waals surface area contributed by atoms with E-state index in [-0.39, 0.29) is 0 Å². The first kappa shape index (κ1) is 12.0. The molecule has 2 fully saturated rings. The van der Waals surface area contributed by atoms with Gasteiger partial charge in [-0.2, -0.15) is 0 Å². The van der Waals surface area contributed by atoms with Gasteiger partial charge in [-0.3, -0.25) is 0 Å². The molecule has 1 atom stereocenters. The van der Waals surface area contributed by atoms with Crippen LogP contribution >= 0.6 is 0 Å². The van der Waals surface area contributed by atoms with Gasteiger partial charge in [0.15, 0.2) is 0 Å². The van der Waals surface area contributed by atoms with Crippen molar-refractivity contribution in [1.82, 2.24) is 4.98 Å². The Morgan fingerprint density at radius 1 is 1.22 bits per heavy atom. The maximum absolute atomic E-state index is 9.51. The van der Waals surface area contributed by atoms with Crippen LogP contribution in [0.5, 0.6) is 0 Å². The van der Waals surface area contributed by atoms with Gasteiger partial charge in [-0.25, -0.2) is 4.98 Å². The number of aliphatic hydroxyl groups is 1. The van der Waals surface area contributed by atoms with Crippen molar-refractivity contribution >= 4 is 5.82 Å². The molecule has 0 unspecified atom stereocenters. The highest BCUT2D eigenvalue weighted by molar-refractivity contribution is 5.40. The third-order valence-corrected chi connectivity index (χ3v) is 3.93. The molecule has 0 amide bonds. The second-order valence-electron chi connectivity index (χ2n) is 5.92. The van der Waals surface area contributed by atoms with Crippen LogP contribution < -0.4 is 4.90 Å². The van der Waals surface area contributed by atoms with E-state index in [0.717, 1.165) is 36.3 Å². The Labute approximate surface area is 109 Å². The van der Waals surface area contributed by atoms with Crippen molar-refractivity contribution in [2.24, 2.45) is 11.8 Å². The molecule has 0 aromatic carbocycles. The summed E-state index contributed by atoms with van der Waals surface area (Å²) in [7, 11) is 0. The topological polar surface area (TPSA) is 36.4 Å². The Kier molecular flexibility index (Phi) is 3.25. The summed E-state index contributed by atoms with van der Waals surface area (Å²) in [5.74, 6) is 2.86. The molecule has 0 aliphatic heterocycles. The zero-order valence-corrected chi connectivity index (χ0v) is 11.0.